The first-order valence-electron chi connectivity index (χ1n) is 6.30. The average Bonchev–Trinajstić information content (AvgIpc) is 2.10. The van der Waals surface area contributed by atoms with E-state index in [9.17, 15) is 0 Å². The molecule has 0 saturated heterocycles. The van der Waals surface area contributed by atoms with E-state index in [4.69, 9.17) is 0 Å². The fraction of sp³-hybridized carbons (Fsp3) is 1.00. The SMILES string of the molecule is CCCC(C(C)C)N(CCC)C(C)C. The maximum Gasteiger partial charge on any atom is 0.0121 e. The topological polar surface area (TPSA) is 3.24 Å². The summed E-state index contributed by atoms with van der Waals surface area (Å²) in [6, 6.07) is 1.47. The molecule has 0 aliphatic carbocycles. The van der Waals surface area contributed by atoms with E-state index in [1.54, 1.807) is 0 Å². The minimum Gasteiger partial charge on any atom is -0.298 e. The second-order valence-corrected chi connectivity index (χ2v) is 4.93. The van der Waals surface area contributed by atoms with Crippen LogP contribution >= 0.6 is 0 Å². The molecule has 0 saturated carbocycles. The molecule has 1 heteroatoms. The normalized spacial score (nSPS) is 14.4. The minimum absolute atomic E-state index is 0.689. The van der Waals surface area contributed by atoms with Crippen LogP contribution in [-0.4, -0.2) is 23.5 Å². The minimum atomic E-state index is 0.689. The average molecular weight is 199 g/mol. The van der Waals surface area contributed by atoms with Crippen molar-refractivity contribution in [2.24, 2.45) is 5.92 Å². The summed E-state index contributed by atoms with van der Waals surface area (Å²) in [5, 5.41) is 0. The molecule has 0 spiro atoms. The quantitative estimate of drug-likeness (QED) is 0.600. The highest BCUT2D eigenvalue weighted by atomic mass is 15.2. The third-order valence-electron chi connectivity index (χ3n) is 2.93. The molecule has 0 aromatic carbocycles. The summed E-state index contributed by atoms with van der Waals surface area (Å²) in [6.45, 7) is 15.2. The standard InChI is InChI=1S/C13H29N/c1-7-9-13(11(3)4)14(10-8-2)12(5)6/h11-13H,7-10H2,1-6H3. The highest BCUT2D eigenvalue weighted by molar-refractivity contribution is 4.76. The second kappa shape index (κ2) is 7.28. The third-order valence-corrected chi connectivity index (χ3v) is 2.93. The number of hydrogen-bond acceptors (Lipinski definition) is 1. The van der Waals surface area contributed by atoms with Crippen LogP contribution in [0.1, 0.15) is 60.8 Å². The molecule has 0 heterocycles. The summed E-state index contributed by atoms with van der Waals surface area (Å²) in [7, 11) is 0. The van der Waals surface area contributed by atoms with E-state index in [0.717, 1.165) is 12.0 Å². The summed E-state index contributed by atoms with van der Waals surface area (Å²) < 4.78 is 0. The third kappa shape index (κ3) is 4.45. The van der Waals surface area contributed by atoms with Crippen molar-refractivity contribution in [1.29, 1.82) is 0 Å². The molecule has 86 valence electrons. The molecule has 0 aliphatic rings. The molecule has 0 aromatic rings. The molecular weight excluding hydrogens is 170 g/mol. The zero-order valence-corrected chi connectivity index (χ0v) is 11.0. The van der Waals surface area contributed by atoms with Crippen molar-refractivity contribution in [3.63, 3.8) is 0 Å². The van der Waals surface area contributed by atoms with Gasteiger partial charge in [-0.3, -0.25) is 4.90 Å². The first-order valence-corrected chi connectivity index (χ1v) is 6.30. The van der Waals surface area contributed by atoms with Crippen LogP contribution < -0.4 is 0 Å². The highest BCUT2D eigenvalue weighted by Gasteiger charge is 2.22. The monoisotopic (exact) mass is 199 g/mol. The number of rotatable bonds is 7. The van der Waals surface area contributed by atoms with Gasteiger partial charge in [0.25, 0.3) is 0 Å². The predicted octanol–water partition coefficient (Wildman–Crippen LogP) is 3.93. The Morgan fingerprint density at radius 3 is 1.79 bits per heavy atom. The van der Waals surface area contributed by atoms with Crippen LogP contribution in [0.4, 0.5) is 0 Å². The van der Waals surface area contributed by atoms with Crippen LogP contribution in [0.5, 0.6) is 0 Å². The maximum absolute atomic E-state index is 2.67. The van der Waals surface area contributed by atoms with Crippen LogP contribution in [0.15, 0.2) is 0 Å². The van der Waals surface area contributed by atoms with Crippen molar-refractivity contribution in [1.82, 2.24) is 4.90 Å². The van der Waals surface area contributed by atoms with Crippen molar-refractivity contribution in [3.05, 3.63) is 0 Å². The van der Waals surface area contributed by atoms with Crippen molar-refractivity contribution < 1.29 is 0 Å². The van der Waals surface area contributed by atoms with Gasteiger partial charge in [0.15, 0.2) is 0 Å². The van der Waals surface area contributed by atoms with Crippen molar-refractivity contribution in [2.45, 2.75) is 72.9 Å². The summed E-state index contributed by atoms with van der Waals surface area (Å²) in [5.41, 5.74) is 0. The van der Waals surface area contributed by atoms with E-state index < -0.39 is 0 Å². The summed E-state index contributed by atoms with van der Waals surface area (Å²) in [5.74, 6) is 0.781. The van der Waals surface area contributed by atoms with Gasteiger partial charge in [-0.1, -0.05) is 34.1 Å². The Morgan fingerprint density at radius 2 is 1.50 bits per heavy atom. The predicted molar refractivity (Wildman–Crippen MR) is 65.7 cm³/mol. The van der Waals surface area contributed by atoms with Crippen molar-refractivity contribution in [3.8, 4) is 0 Å². The van der Waals surface area contributed by atoms with Crippen LogP contribution in [0.2, 0.25) is 0 Å². The zero-order chi connectivity index (χ0) is 11.1. The summed E-state index contributed by atoms with van der Waals surface area (Å²) in [6.07, 6.45) is 3.91. The lowest BCUT2D eigenvalue weighted by molar-refractivity contribution is 0.110. The molecule has 0 rings (SSSR count). The van der Waals surface area contributed by atoms with Gasteiger partial charge in [0.05, 0.1) is 0 Å². The first kappa shape index (κ1) is 14.0. The molecule has 0 aliphatic heterocycles. The van der Waals surface area contributed by atoms with Gasteiger partial charge in [0.2, 0.25) is 0 Å². The highest BCUT2D eigenvalue weighted by Crippen LogP contribution is 2.19. The molecule has 1 atom stereocenters. The van der Waals surface area contributed by atoms with Gasteiger partial charge in [0, 0.05) is 12.1 Å². The molecule has 0 fully saturated rings. The lowest BCUT2D eigenvalue weighted by Gasteiger charge is -2.37. The van der Waals surface area contributed by atoms with E-state index in [1.807, 2.05) is 0 Å². The first-order chi connectivity index (χ1) is 6.54. The molecule has 0 bridgehead atoms. The molecule has 0 aromatic heterocycles. The largest absolute Gasteiger partial charge is 0.298 e. The lowest BCUT2D eigenvalue weighted by Crippen LogP contribution is -2.43. The number of hydrogen-bond donors (Lipinski definition) is 0. The fourth-order valence-electron chi connectivity index (χ4n) is 2.24. The Labute approximate surface area is 90.9 Å². The Kier molecular flexibility index (Phi) is 7.26. The van der Waals surface area contributed by atoms with Crippen LogP contribution in [0.3, 0.4) is 0 Å². The van der Waals surface area contributed by atoms with E-state index in [1.165, 1.54) is 25.8 Å². The zero-order valence-electron chi connectivity index (χ0n) is 11.0. The van der Waals surface area contributed by atoms with Gasteiger partial charge in [-0.05, 0) is 39.2 Å². The fourth-order valence-corrected chi connectivity index (χ4v) is 2.24. The van der Waals surface area contributed by atoms with Crippen LogP contribution in [-0.2, 0) is 0 Å². The molecule has 0 radical (unpaired) electrons. The molecule has 0 amide bonds. The maximum atomic E-state index is 2.67. The van der Waals surface area contributed by atoms with Gasteiger partial charge < -0.3 is 0 Å². The van der Waals surface area contributed by atoms with E-state index >= 15 is 0 Å². The van der Waals surface area contributed by atoms with E-state index in [0.29, 0.717) is 6.04 Å². The van der Waals surface area contributed by atoms with Gasteiger partial charge in [-0.2, -0.15) is 0 Å². The van der Waals surface area contributed by atoms with Crippen LogP contribution in [0.25, 0.3) is 0 Å². The van der Waals surface area contributed by atoms with E-state index in [-0.39, 0.29) is 0 Å². The van der Waals surface area contributed by atoms with Crippen molar-refractivity contribution in [2.75, 3.05) is 6.54 Å². The van der Waals surface area contributed by atoms with Gasteiger partial charge >= 0.3 is 0 Å². The Bertz CT molecular complexity index is 113. The Hall–Kier alpha value is -0.0400. The van der Waals surface area contributed by atoms with Crippen molar-refractivity contribution >= 4 is 0 Å². The molecule has 0 N–H and O–H groups in total. The molecule has 1 unspecified atom stereocenters. The number of nitrogens with zero attached hydrogens (tertiary/aromatic N) is 1. The van der Waals surface area contributed by atoms with Gasteiger partial charge in [-0.25, -0.2) is 0 Å². The summed E-state index contributed by atoms with van der Waals surface area (Å²) >= 11 is 0. The Morgan fingerprint density at radius 1 is 0.929 bits per heavy atom. The van der Waals surface area contributed by atoms with Gasteiger partial charge in [0.1, 0.15) is 0 Å². The second-order valence-electron chi connectivity index (χ2n) is 4.93. The van der Waals surface area contributed by atoms with Crippen LogP contribution in [0, 0.1) is 5.92 Å². The molecule has 14 heavy (non-hydrogen) atoms. The molecule has 1 nitrogen and oxygen atoms in total. The summed E-state index contributed by atoms with van der Waals surface area (Å²) in [4.78, 5) is 2.67. The van der Waals surface area contributed by atoms with Gasteiger partial charge in [-0.15, -0.1) is 0 Å². The lowest BCUT2D eigenvalue weighted by atomic mass is 9.96. The smallest absolute Gasteiger partial charge is 0.0121 e. The van der Waals surface area contributed by atoms with E-state index in [2.05, 4.69) is 46.4 Å². The molecular formula is C13H29N. The Balaban J connectivity index is 4.37.